The lowest BCUT2D eigenvalue weighted by atomic mass is 10.1. The third-order valence-electron chi connectivity index (χ3n) is 3.30. The molecule has 0 unspecified atom stereocenters. The van der Waals surface area contributed by atoms with E-state index in [1.807, 2.05) is 13.8 Å². The zero-order valence-electron chi connectivity index (χ0n) is 12.7. The van der Waals surface area contributed by atoms with Gasteiger partial charge in [0.05, 0.1) is 11.4 Å². The van der Waals surface area contributed by atoms with Crippen LogP contribution >= 0.6 is 0 Å². The predicted octanol–water partition coefficient (Wildman–Crippen LogP) is 1.75. The Morgan fingerprint density at radius 3 is 2.48 bits per heavy atom. The van der Waals surface area contributed by atoms with Crippen LogP contribution in [0.15, 0.2) is 17.4 Å². The molecule has 2 aromatic heterocycles. The number of anilines is 1. The second-order valence-corrected chi connectivity index (χ2v) is 6.83. The number of hydrogen-bond donors (Lipinski definition) is 1. The van der Waals surface area contributed by atoms with Gasteiger partial charge in [0.2, 0.25) is 0 Å². The van der Waals surface area contributed by atoms with Crippen LogP contribution in [0.5, 0.6) is 0 Å². The fourth-order valence-electron chi connectivity index (χ4n) is 2.17. The summed E-state index contributed by atoms with van der Waals surface area (Å²) in [4.78, 5) is 8.19. The van der Waals surface area contributed by atoms with Crippen molar-refractivity contribution in [2.24, 2.45) is 7.05 Å². The highest BCUT2D eigenvalue weighted by molar-refractivity contribution is 7.92. The zero-order chi connectivity index (χ0) is 15.8. The van der Waals surface area contributed by atoms with E-state index in [4.69, 9.17) is 0 Å². The number of aromatic nitrogens is 4. The second kappa shape index (κ2) is 5.44. The Morgan fingerprint density at radius 2 is 1.95 bits per heavy atom. The van der Waals surface area contributed by atoms with E-state index in [2.05, 4.69) is 19.8 Å². The van der Waals surface area contributed by atoms with Crippen LogP contribution in [0.25, 0.3) is 0 Å². The fourth-order valence-corrected chi connectivity index (χ4v) is 3.65. The SMILES string of the molecule is Cc1nn(C)c(C)c1S(=O)(=O)Nc1ncncc1C(C)C. The number of nitrogens with one attached hydrogen (secondary N) is 1. The van der Waals surface area contributed by atoms with Gasteiger partial charge in [0.1, 0.15) is 17.0 Å². The summed E-state index contributed by atoms with van der Waals surface area (Å²) in [6, 6.07) is 0. The van der Waals surface area contributed by atoms with Crippen LogP contribution in [0.2, 0.25) is 0 Å². The second-order valence-electron chi connectivity index (χ2n) is 5.21. The lowest BCUT2D eigenvalue weighted by Gasteiger charge is -2.13. The molecule has 0 radical (unpaired) electrons. The Morgan fingerprint density at radius 1 is 1.29 bits per heavy atom. The van der Waals surface area contributed by atoms with Crippen molar-refractivity contribution >= 4 is 15.8 Å². The highest BCUT2D eigenvalue weighted by Crippen LogP contribution is 2.25. The van der Waals surface area contributed by atoms with E-state index in [1.54, 1.807) is 31.8 Å². The van der Waals surface area contributed by atoms with Gasteiger partial charge in [0.15, 0.2) is 0 Å². The van der Waals surface area contributed by atoms with Gasteiger partial charge in [-0.1, -0.05) is 13.8 Å². The first-order valence-electron chi connectivity index (χ1n) is 6.57. The van der Waals surface area contributed by atoms with E-state index < -0.39 is 10.0 Å². The molecule has 0 aliphatic heterocycles. The van der Waals surface area contributed by atoms with Gasteiger partial charge in [-0.25, -0.2) is 18.4 Å². The van der Waals surface area contributed by atoms with Gasteiger partial charge >= 0.3 is 0 Å². The molecule has 0 bridgehead atoms. The van der Waals surface area contributed by atoms with Crippen molar-refractivity contribution in [2.75, 3.05) is 4.72 Å². The minimum atomic E-state index is -3.73. The van der Waals surface area contributed by atoms with E-state index in [1.165, 1.54) is 6.33 Å². The fraction of sp³-hybridized carbons (Fsp3) is 0.462. The molecule has 0 aliphatic carbocycles. The lowest BCUT2D eigenvalue weighted by molar-refractivity contribution is 0.599. The molecule has 0 aromatic carbocycles. The van der Waals surface area contributed by atoms with E-state index in [0.29, 0.717) is 17.2 Å². The summed E-state index contributed by atoms with van der Waals surface area (Å²) in [5, 5.41) is 4.14. The molecular weight excluding hydrogens is 290 g/mol. The van der Waals surface area contributed by atoms with Crippen molar-refractivity contribution in [2.45, 2.75) is 38.5 Å². The van der Waals surface area contributed by atoms with Crippen molar-refractivity contribution in [3.63, 3.8) is 0 Å². The lowest BCUT2D eigenvalue weighted by Crippen LogP contribution is -2.17. The molecule has 0 spiro atoms. The first kappa shape index (κ1) is 15.4. The van der Waals surface area contributed by atoms with Crippen molar-refractivity contribution in [3.05, 3.63) is 29.5 Å². The van der Waals surface area contributed by atoms with Gasteiger partial charge < -0.3 is 0 Å². The average Bonchev–Trinajstić information content (AvgIpc) is 2.63. The molecule has 0 aliphatic rings. The predicted molar refractivity (Wildman–Crippen MR) is 79.6 cm³/mol. The molecule has 0 atom stereocenters. The Bertz CT molecular complexity index is 765. The first-order chi connectivity index (χ1) is 9.74. The number of sulfonamides is 1. The van der Waals surface area contributed by atoms with E-state index in [0.717, 1.165) is 5.56 Å². The van der Waals surface area contributed by atoms with Gasteiger partial charge in [0, 0.05) is 18.8 Å². The molecule has 7 nitrogen and oxygen atoms in total. The van der Waals surface area contributed by atoms with Gasteiger partial charge in [-0.15, -0.1) is 0 Å². The number of aryl methyl sites for hydroxylation is 2. The maximum atomic E-state index is 12.6. The smallest absolute Gasteiger partial charge is 0.266 e. The van der Waals surface area contributed by atoms with E-state index in [9.17, 15) is 8.42 Å². The summed E-state index contributed by atoms with van der Waals surface area (Å²) >= 11 is 0. The van der Waals surface area contributed by atoms with Crippen LogP contribution in [0.3, 0.4) is 0 Å². The van der Waals surface area contributed by atoms with Crippen LogP contribution < -0.4 is 4.72 Å². The largest absolute Gasteiger partial charge is 0.271 e. The Kier molecular flexibility index (Phi) is 3.99. The average molecular weight is 309 g/mol. The normalized spacial score (nSPS) is 11.9. The minimum Gasteiger partial charge on any atom is -0.271 e. The number of nitrogens with zero attached hydrogens (tertiary/aromatic N) is 4. The summed E-state index contributed by atoms with van der Waals surface area (Å²) in [5.41, 5.74) is 1.79. The van der Waals surface area contributed by atoms with Crippen LogP contribution in [0.1, 0.15) is 36.7 Å². The van der Waals surface area contributed by atoms with E-state index >= 15 is 0 Å². The van der Waals surface area contributed by atoms with Gasteiger partial charge in [-0.3, -0.25) is 9.40 Å². The first-order valence-corrected chi connectivity index (χ1v) is 8.05. The molecular formula is C13H19N5O2S. The van der Waals surface area contributed by atoms with Crippen LogP contribution in [-0.4, -0.2) is 28.2 Å². The summed E-state index contributed by atoms with van der Waals surface area (Å²) in [6.45, 7) is 7.30. The Hall–Kier alpha value is -1.96. The Labute approximate surface area is 124 Å². The van der Waals surface area contributed by atoms with Crippen LogP contribution in [0.4, 0.5) is 5.82 Å². The molecule has 21 heavy (non-hydrogen) atoms. The number of hydrogen-bond acceptors (Lipinski definition) is 5. The van der Waals surface area contributed by atoms with Gasteiger partial charge in [-0.2, -0.15) is 5.10 Å². The topological polar surface area (TPSA) is 89.8 Å². The molecule has 2 heterocycles. The molecule has 0 saturated heterocycles. The van der Waals surface area contributed by atoms with Crippen molar-refractivity contribution in [1.82, 2.24) is 19.7 Å². The molecule has 1 N–H and O–H groups in total. The molecule has 0 saturated carbocycles. The minimum absolute atomic E-state index is 0.111. The number of rotatable bonds is 4. The maximum Gasteiger partial charge on any atom is 0.266 e. The quantitative estimate of drug-likeness (QED) is 0.929. The molecule has 0 fully saturated rings. The maximum absolute atomic E-state index is 12.6. The van der Waals surface area contributed by atoms with Crippen molar-refractivity contribution in [3.8, 4) is 0 Å². The van der Waals surface area contributed by atoms with Crippen molar-refractivity contribution in [1.29, 1.82) is 0 Å². The van der Waals surface area contributed by atoms with Gasteiger partial charge in [-0.05, 0) is 19.8 Å². The Balaban J connectivity index is 2.48. The summed E-state index contributed by atoms with van der Waals surface area (Å²) < 4.78 is 29.3. The third kappa shape index (κ3) is 2.90. The third-order valence-corrected chi connectivity index (χ3v) is 4.90. The molecule has 0 amide bonds. The summed E-state index contributed by atoms with van der Waals surface area (Å²) in [5.74, 6) is 0.419. The van der Waals surface area contributed by atoms with Gasteiger partial charge in [0.25, 0.3) is 10.0 Å². The van der Waals surface area contributed by atoms with Crippen molar-refractivity contribution < 1.29 is 8.42 Å². The summed E-state index contributed by atoms with van der Waals surface area (Å²) in [7, 11) is -2.02. The summed E-state index contributed by atoms with van der Waals surface area (Å²) in [6.07, 6.45) is 2.95. The van der Waals surface area contributed by atoms with Crippen LogP contribution in [-0.2, 0) is 17.1 Å². The van der Waals surface area contributed by atoms with E-state index in [-0.39, 0.29) is 10.8 Å². The highest BCUT2D eigenvalue weighted by atomic mass is 32.2. The molecule has 2 aromatic rings. The molecule has 2 rings (SSSR count). The molecule has 114 valence electrons. The standard InChI is InChI=1S/C13H19N5O2S/c1-8(2)11-6-14-7-15-13(11)17-21(19,20)12-9(3)16-18(5)10(12)4/h6-8H,1-5H3,(H,14,15,17). The highest BCUT2D eigenvalue weighted by Gasteiger charge is 2.25. The molecule has 8 heteroatoms. The van der Waals surface area contributed by atoms with Crippen LogP contribution in [0, 0.1) is 13.8 Å². The zero-order valence-corrected chi connectivity index (χ0v) is 13.6. The monoisotopic (exact) mass is 309 g/mol.